The minimum Gasteiger partial charge on any atom is -0.370 e. The van der Waals surface area contributed by atoms with Gasteiger partial charge in [0, 0.05) is 35.6 Å². The number of nitrogens with zero attached hydrogens (tertiary/aromatic N) is 4. The number of halogens is 3. The molecule has 3 aromatic rings. The molecule has 2 aliphatic heterocycles. The lowest BCUT2D eigenvalue weighted by Gasteiger charge is -2.44. The largest absolute Gasteiger partial charge is 0.416 e. The van der Waals surface area contributed by atoms with Crippen molar-refractivity contribution in [1.82, 2.24) is 15.1 Å². The van der Waals surface area contributed by atoms with Gasteiger partial charge in [0.05, 0.1) is 17.8 Å². The van der Waals surface area contributed by atoms with E-state index in [9.17, 15) is 13.2 Å². The molecule has 0 spiro atoms. The van der Waals surface area contributed by atoms with Gasteiger partial charge in [-0.25, -0.2) is 0 Å². The summed E-state index contributed by atoms with van der Waals surface area (Å²) < 4.78 is 40.2. The Morgan fingerprint density at radius 3 is 2.65 bits per heavy atom. The predicted molar refractivity (Wildman–Crippen MR) is 129 cm³/mol. The molecular formula is C26H30F3N5. The van der Waals surface area contributed by atoms with Crippen LogP contribution in [-0.2, 0) is 6.18 Å². The van der Waals surface area contributed by atoms with Crippen LogP contribution >= 0.6 is 0 Å². The van der Waals surface area contributed by atoms with Gasteiger partial charge in [-0.05, 0) is 75.5 Å². The van der Waals surface area contributed by atoms with E-state index in [1.165, 1.54) is 45.3 Å². The summed E-state index contributed by atoms with van der Waals surface area (Å²) in [5.41, 5.74) is 1.37. The van der Waals surface area contributed by atoms with E-state index in [2.05, 4.69) is 43.5 Å². The maximum atomic E-state index is 13.4. The van der Waals surface area contributed by atoms with Gasteiger partial charge in [0.15, 0.2) is 5.82 Å². The molecule has 2 aromatic carbocycles. The number of piperidine rings is 1. The molecule has 0 aliphatic carbocycles. The summed E-state index contributed by atoms with van der Waals surface area (Å²) in [5.74, 6) is 0.583. The van der Waals surface area contributed by atoms with Crippen molar-refractivity contribution in [3.05, 3.63) is 59.3 Å². The van der Waals surface area contributed by atoms with Crippen molar-refractivity contribution in [2.45, 2.75) is 51.4 Å². The summed E-state index contributed by atoms with van der Waals surface area (Å²) in [6.07, 6.45) is 1.06. The summed E-state index contributed by atoms with van der Waals surface area (Å²) in [5, 5.41) is 13.6. The summed E-state index contributed by atoms with van der Waals surface area (Å²) >= 11 is 0. The van der Waals surface area contributed by atoms with Crippen LogP contribution in [-0.4, -0.2) is 47.3 Å². The zero-order valence-corrected chi connectivity index (χ0v) is 19.6. The van der Waals surface area contributed by atoms with E-state index in [1.54, 1.807) is 12.3 Å². The Morgan fingerprint density at radius 2 is 1.91 bits per heavy atom. The molecule has 5 nitrogen and oxygen atoms in total. The lowest BCUT2D eigenvalue weighted by molar-refractivity contribution is -0.138. The van der Waals surface area contributed by atoms with Gasteiger partial charge in [0.25, 0.3) is 0 Å². The van der Waals surface area contributed by atoms with Crippen LogP contribution in [0.5, 0.6) is 0 Å². The normalized spacial score (nSPS) is 20.3. The van der Waals surface area contributed by atoms with Crippen molar-refractivity contribution in [1.29, 1.82) is 0 Å². The quantitative estimate of drug-likeness (QED) is 0.511. The first-order valence-electron chi connectivity index (χ1n) is 12.0. The molecule has 1 N–H and O–H groups in total. The Bertz CT molecular complexity index is 1170. The van der Waals surface area contributed by atoms with Crippen LogP contribution in [0.3, 0.4) is 0 Å². The molecule has 2 unspecified atom stereocenters. The average Bonchev–Trinajstić information content (AvgIpc) is 2.77. The number of likely N-dealkylation sites (tertiary alicyclic amines) is 1. The second kappa shape index (κ2) is 9.06. The molecule has 0 amide bonds. The molecule has 3 heterocycles. The third kappa shape index (κ3) is 4.43. The molecule has 180 valence electrons. The van der Waals surface area contributed by atoms with Gasteiger partial charge >= 0.3 is 6.18 Å². The summed E-state index contributed by atoms with van der Waals surface area (Å²) in [6.45, 7) is 7.83. The Balaban J connectivity index is 1.42. The van der Waals surface area contributed by atoms with Gasteiger partial charge in [-0.2, -0.15) is 18.3 Å². The highest BCUT2D eigenvalue weighted by Gasteiger charge is 2.33. The van der Waals surface area contributed by atoms with E-state index >= 15 is 0 Å². The van der Waals surface area contributed by atoms with Gasteiger partial charge in [0.2, 0.25) is 0 Å². The third-order valence-electron chi connectivity index (χ3n) is 7.32. The molecule has 2 saturated heterocycles. The number of benzene rings is 2. The van der Waals surface area contributed by atoms with Crippen LogP contribution in [0.2, 0.25) is 0 Å². The van der Waals surface area contributed by atoms with Gasteiger partial charge in [0.1, 0.15) is 0 Å². The number of fused-ring (bicyclic) bond motifs is 1. The number of aromatic nitrogens is 2. The first kappa shape index (κ1) is 22.9. The summed E-state index contributed by atoms with van der Waals surface area (Å²) in [4.78, 5) is 5.02. The highest BCUT2D eigenvalue weighted by Crippen LogP contribution is 2.36. The van der Waals surface area contributed by atoms with Crippen molar-refractivity contribution in [3.8, 4) is 0 Å². The van der Waals surface area contributed by atoms with Gasteiger partial charge in [-0.3, -0.25) is 4.90 Å². The Morgan fingerprint density at radius 1 is 1.09 bits per heavy atom. The molecule has 34 heavy (non-hydrogen) atoms. The standard InChI is InChI=1S/C26H30F3N5/c1-17-22(7-3-8-24(17)26(27,28)29)18(2)31-25-23-14-20(10-9-19(23)15-30-32-25)34-11-4-6-21(16-34)33-12-5-13-33/h3,7-10,14-15,18,21H,4-6,11-13,16H2,1-2H3,(H,31,32). The van der Waals surface area contributed by atoms with E-state index in [4.69, 9.17) is 0 Å². The number of rotatable bonds is 5. The molecule has 2 atom stereocenters. The van der Waals surface area contributed by atoms with E-state index in [1.807, 2.05) is 6.92 Å². The summed E-state index contributed by atoms with van der Waals surface area (Å²) in [7, 11) is 0. The van der Waals surface area contributed by atoms with Crippen LogP contribution in [0.4, 0.5) is 24.7 Å². The van der Waals surface area contributed by atoms with E-state index < -0.39 is 11.7 Å². The third-order valence-corrected chi connectivity index (χ3v) is 7.32. The van der Waals surface area contributed by atoms with Gasteiger partial charge in [-0.15, -0.1) is 5.10 Å². The number of nitrogens with one attached hydrogen (secondary N) is 1. The lowest BCUT2D eigenvalue weighted by Crippen LogP contribution is -2.53. The Hall–Kier alpha value is -2.87. The fraction of sp³-hybridized carbons (Fsp3) is 0.462. The van der Waals surface area contributed by atoms with Crippen molar-refractivity contribution < 1.29 is 13.2 Å². The predicted octanol–water partition coefficient (Wildman–Crippen LogP) is 5.80. The molecular weight excluding hydrogens is 439 g/mol. The van der Waals surface area contributed by atoms with Crippen LogP contribution in [0.15, 0.2) is 42.6 Å². The van der Waals surface area contributed by atoms with E-state index in [-0.39, 0.29) is 11.6 Å². The van der Waals surface area contributed by atoms with Crippen LogP contribution in [0, 0.1) is 6.92 Å². The molecule has 0 bridgehead atoms. The minimum absolute atomic E-state index is 0.231. The Labute approximate surface area is 198 Å². The first-order chi connectivity index (χ1) is 16.3. The van der Waals surface area contributed by atoms with Crippen LogP contribution in [0.1, 0.15) is 48.9 Å². The number of hydrogen-bond acceptors (Lipinski definition) is 5. The highest BCUT2D eigenvalue weighted by molar-refractivity contribution is 5.93. The van der Waals surface area contributed by atoms with Crippen molar-refractivity contribution >= 4 is 22.3 Å². The molecule has 0 saturated carbocycles. The number of hydrogen-bond donors (Lipinski definition) is 1. The fourth-order valence-electron chi connectivity index (χ4n) is 5.27. The highest BCUT2D eigenvalue weighted by atomic mass is 19.4. The Kier molecular flexibility index (Phi) is 6.10. The van der Waals surface area contributed by atoms with E-state index in [0.29, 0.717) is 17.4 Å². The monoisotopic (exact) mass is 469 g/mol. The second-order valence-electron chi connectivity index (χ2n) is 9.48. The van der Waals surface area contributed by atoms with Gasteiger partial charge in [-0.1, -0.05) is 18.2 Å². The maximum absolute atomic E-state index is 13.4. The van der Waals surface area contributed by atoms with E-state index in [0.717, 1.165) is 35.6 Å². The molecule has 2 fully saturated rings. The maximum Gasteiger partial charge on any atom is 0.416 e. The van der Waals surface area contributed by atoms with Crippen LogP contribution in [0.25, 0.3) is 10.8 Å². The average molecular weight is 470 g/mol. The SMILES string of the molecule is Cc1c(C(C)Nc2nncc3ccc(N4CCCC(N5CCC5)C4)cc23)cccc1C(F)(F)F. The molecule has 8 heteroatoms. The van der Waals surface area contributed by atoms with Crippen LogP contribution < -0.4 is 10.2 Å². The minimum atomic E-state index is -4.38. The molecule has 5 rings (SSSR count). The van der Waals surface area contributed by atoms with Crippen molar-refractivity contribution in [2.75, 3.05) is 36.4 Å². The van der Waals surface area contributed by atoms with Crippen molar-refractivity contribution in [3.63, 3.8) is 0 Å². The molecule has 2 aliphatic rings. The zero-order chi connectivity index (χ0) is 23.9. The van der Waals surface area contributed by atoms with Gasteiger partial charge < -0.3 is 10.2 Å². The zero-order valence-electron chi connectivity index (χ0n) is 19.6. The summed E-state index contributed by atoms with van der Waals surface area (Å²) in [6, 6.07) is 10.9. The second-order valence-corrected chi connectivity index (χ2v) is 9.48. The smallest absolute Gasteiger partial charge is 0.370 e. The molecule has 1 aromatic heterocycles. The van der Waals surface area contributed by atoms with Crippen molar-refractivity contribution in [2.24, 2.45) is 0 Å². The lowest BCUT2D eigenvalue weighted by atomic mass is 9.97. The first-order valence-corrected chi connectivity index (χ1v) is 12.0. The number of anilines is 2. The molecule has 0 radical (unpaired) electrons. The topological polar surface area (TPSA) is 44.3 Å². The fourth-order valence-corrected chi connectivity index (χ4v) is 5.27. The number of alkyl halides is 3.